The maximum atomic E-state index is 12.4. The highest BCUT2D eigenvalue weighted by molar-refractivity contribution is 7.20. The van der Waals surface area contributed by atoms with Crippen molar-refractivity contribution in [1.82, 2.24) is 9.78 Å². The molecule has 28 heavy (non-hydrogen) atoms. The number of hydrogen-bond acceptors (Lipinski definition) is 8. The van der Waals surface area contributed by atoms with E-state index in [1.54, 1.807) is 51.3 Å². The van der Waals surface area contributed by atoms with Gasteiger partial charge in [0.25, 0.3) is 5.91 Å². The zero-order valence-corrected chi connectivity index (χ0v) is 17.4. The third-order valence-corrected chi connectivity index (χ3v) is 5.34. The van der Waals surface area contributed by atoms with Gasteiger partial charge in [0.2, 0.25) is 0 Å². The van der Waals surface area contributed by atoms with Crippen LogP contribution in [0.1, 0.15) is 47.0 Å². The lowest BCUT2D eigenvalue weighted by molar-refractivity contribution is 0.00751. The summed E-state index contributed by atoms with van der Waals surface area (Å²) < 4.78 is 11.5. The zero-order valence-electron chi connectivity index (χ0n) is 15.8. The number of esters is 1. The number of hydrogen-bond donors (Lipinski definition) is 1. The van der Waals surface area contributed by atoms with Crippen molar-refractivity contribution in [3.63, 3.8) is 0 Å². The fourth-order valence-electron chi connectivity index (χ4n) is 2.31. The van der Waals surface area contributed by atoms with E-state index in [1.807, 2.05) is 0 Å². The Hall–Kier alpha value is -2.72. The number of fused-ring (bicyclic) bond motifs is 1. The van der Waals surface area contributed by atoms with E-state index >= 15 is 0 Å². The van der Waals surface area contributed by atoms with Crippen LogP contribution in [-0.2, 0) is 9.47 Å². The highest BCUT2D eigenvalue weighted by Crippen LogP contribution is 2.33. The molecule has 1 amide bonds. The van der Waals surface area contributed by atoms with Crippen LogP contribution in [0.15, 0.2) is 23.6 Å². The Balaban J connectivity index is 2.01. The largest absolute Gasteiger partial charge is 0.456 e. The number of amides is 1. The topological polar surface area (TPSA) is 99.5 Å². The number of thiophene rings is 2. The van der Waals surface area contributed by atoms with Gasteiger partial charge in [0.15, 0.2) is 5.82 Å². The summed E-state index contributed by atoms with van der Waals surface area (Å²) in [7, 11) is 0. The van der Waals surface area contributed by atoms with Crippen LogP contribution in [0.4, 0.5) is 10.6 Å². The number of rotatable bonds is 4. The molecule has 0 aliphatic rings. The summed E-state index contributed by atoms with van der Waals surface area (Å²) in [6, 6.07) is 5.00. The molecule has 8 nitrogen and oxygen atoms in total. The minimum absolute atomic E-state index is 0.168. The Morgan fingerprint density at radius 2 is 2.00 bits per heavy atom. The molecule has 0 aliphatic heterocycles. The van der Waals surface area contributed by atoms with Crippen LogP contribution in [-0.4, -0.2) is 40.0 Å². The molecule has 10 heteroatoms. The van der Waals surface area contributed by atoms with Gasteiger partial charge in [-0.05, 0) is 45.2 Å². The first kappa shape index (κ1) is 20.0. The standard InChI is InChI=1S/C18H19N3O5S2/c1-5-25-17(24)21-15-10(9-12(28-15)16(23)26-18(2,3)4)13(20-21)19-14(22)11-7-6-8-27-11/h6-9H,5H2,1-4H3,(H,19,20,22). The molecule has 148 valence electrons. The van der Waals surface area contributed by atoms with Crippen LogP contribution in [0.2, 0.25) is 0 Å². The lowest BCUT2D eigenvalue weighted by atomic mass is 10.2. The molecule has 0 radical (unpaired) electrons. The zero-order chi connectivity index (χ0) is 20.5. The van der Waals surface area contributed by atoms with Crippen molar-refractivity contribution in [2.24, 2.45) is 0 Å². The Bertz CT molecular complexity index is 1030. The molecular weight excluding hydrogens is 402 g/mol. The summed E-state index contributed by atoms with van der Waals surface area (Å²) in [6.07, 6.45) is -0.693. The van der Waals surface area contributed by atoms with Gasteiger partial charge in [0, 0.05) is 0 Å². The number of carbonyl (C=O) groups is 3. The van der Waals surface area contributed by atoms with Gasteiger partial charge in [-0.2, -0.15) is 4.68 Å². The highest BCUT2D eigenvalue weighted by Gasteiger charge is 2.26. The van der Waals surface area contributed by atoms with E-state index in [9.17, 15) is 14.4 Å². The van der Waals surface area contributed by atoms with Crippen molar-refractivity contribution in [3.05, 3.63) is 33.3 Å². The Morgan fingerprint density at radius 1 is 1.25 bits per heavy atom. The molecule has 3 aromatic rings. The number of anilines is 1. The fraction of sp³-hybridized carbons (Fsp3) is 0.333. The van der Waals surface area contributed by atoms with Crippen molar-refractivity contribution in [3.8, 4) is 0 Å². The van der Waals surface area contributed by atoms with Crippen molar-refractivity contribution in [2.45, 2.75) is 33.3 Å². The summed E-state index contributed by atoms with van der Waals surface area (Å²) >= 11 is 2.33. The molecule has 0 bridgehead atoms. The molecule has 0 fully saturated rings. The monoisotopic (exact) mass is 421 g/mol. The highest BCUT2D eigenvalue weighted by atomic mass is 32.1. The number of ether oxygens (including phenoxy) is 2. The molecule has 0 atom stereocenters. The van der Waals surface area contributed by atoms with Gasteiger partial charge in [0.1, 0.15) is 15.3 Å². The van der Waals surface area contributed by atoms with Crippen LogP contribution < -0.4 is 5.32 Å². The van der Waals surface area contributed by atoms with E-state index in [4.69, 9.17) is 9.47 Å². The van der Waals surface area contributed by atoms with Gasteiger partial charge in [-0.1, -0.05) is 6.07 Å². The maximum absolute atomic E-state index is 12.4. The summed E-state index contributed by atoms with van der Waals surface area (Å²) in [5, 5.41) is 9.10. The number of carbonyl (C=O) groups excluding carboxylic acids is 3. The summed E-state index contributed by atoms with van der Waals surface area (Å²) in [5.41, 5.74) is -0.656. The minimum atomic E-state index is -0.693. The molecule has 0 spiro atoms. The van der Waals surface area contributed by atoms with Crippen molar-refractivity contribution in [1.29, 1.82) is 0 Å². The second-order valence-electron chi connectivity index (χ2n) is 6.72. The summed E-state index contributed by atoms with van der Waals surface area (Å²) in [6.45, 7) is 7.15. The van der Waals surface area contributed by atoms with E-state index in [-0.39, 0.29) is 18.3 Å². The van der Waals surface area contributed by atoms with Gasteiger partial charge in [-0.3, -0.25) is 4.79 Å². The van der Waals surface area contributed by atoms with Crippen molar-refractivity contribution in [2.75, 3.05) is 11.9 Å². The molecule has 1 N–H and O–H groups in total. The van der Waals surface area contributed by atoms with Crippen LogP contribution in [0.25, 0.3) is 10.2 Å². The third-order valence-electron chi connectivity index (χ3n) is 3.38. The van der Waals surface area contributed by atoms with Gasteiger partial charge < -0.3 is 14.8 Å². The van der Waals surface area contributed by atoms with Gasteiger partial charge in [-0.15, -0.1) is 27.8 Å². The van der Waals surface area contributed by atoms with Crippen LogP contribution >= 0.6 is 22.7 Å². The smallest absolute Gasteiger partial charge is 0.436 e. The number of nitrogens with zero attached hydrogens (tertiary/aromatic N) is 2. The van der Waals surface area contributed by atoms with E-state index in [0.717, 1.165) is 16.0 Å². The predicted molar refractivity (Wildman–Crippen MR) is 107 cm³/mol. The van der Waals surface area contributed by atoms with Gasteiger partial charge in [0.05, 0.1) is 16.9 Å². The Morgan fingerprint density at radius 3 is 2.61 bits per heavy atom. The first-order chi connectivity index (χ1) is 13.2. The Kier molecular flexibility index (Phi) is 5.52. The summed E-state index contributed by atoms with van der Waals surface area (Å²) in [4.78, 5) is 38.3. The average Bonchev–Trinajstić information content (AvgIpc) is 3.31. The lowest BCUT2D eigenvalue weighted by Crippen LogP contribution is -2.23. The normalized spacial score (nSPS) is 11.4. The predicted octanol–water partition coefficient (Wildman–Crippen LogP) is 4.37. The van der Waals surface area contributed by atoms with Crippen LogP contribution in [0.3, 0.4) is 0 Å². The molecule has 3 rings (SSSR count). The quantitative estimate of drug-likeness (QED) is 0.628. The molecule has 0 aliphatic carbocycles. The lowest BCUT2D eigenvalue weighted by Gasteiger charge is -2.18. The molecule has 0 aromatic carbocycles. The second-order valence-corrected chi connectivity index (χ2v) is 8.70. The first-order valence-corrected chi connectivity index (χ1v) is 10.2. The summed E-state index contributed by atoms with van der Waals surface area (Å²) in [5.74, 6) is -0.692. The van der Waals surface area contributed by atoms with Crippen LogP contribution in [0.5, 0.6) is 0 Å². The second kappa shape index (κ2) is 7.72. The minimum Gasteiger partial charge on any atom is -0.456 e. The van der Waals surface area contributed by atoms with Crippen molar-refractivity contribution >= 4 is 56.7 Å². The van der Waals surface area contributed by atoms with E-state index in [1.165, 1.54) is 11.3 Å². The number of nitrogens with one attached hydrogen (secondary N) is 1. The fourth-order valence-corrected chi connectivity index (χ4v) is 3.91. The molecule has 0 saturated carbocycles. The maximum Gasteiger partial charge on any atom is 0.436 e. The molecule has 0 unspecified atom stereocenters. The van der Waals surface area contributed by atoms with Gasteiger partial charge >= 0.3 is 12.1 Å². The van der Waals surface area contributed by atoms with Gasteiger partial charge in [-0.25, -0.2) is 9.59 Å². The Labute approximate surface area is 169 Å². The molecule has 3 aromatic heterocycles. The van der Waals surface area contributed by atoms with E-state index < -0.39 is 17.7 Å². The number of aromatic nitrogens is 2. The average molecular weight is 422 g/mol. The van der Waals surface area contributed by atoms with E-state index in [2.05, 4.69) is 10.4 Å². The molecular formula is C18H19N3O5S2. The van der Waals surface area contributed by atoms with E-state index in [0.29, 0.717) is 20.0 Å². The molecule has 3 heterocycles. The van der Waals surface area contributed by atoms with Crippen molar-refractivity contribution < 1.29 is 23.9 Å². The van der Waals surface area contributed by atoms with Crippen LogP contribution in [0, 0.1) is 0 Å². The SMILES string of the molecule is CCOC(=O)n1nc(NC(=O)c2cccs2)c2cc(C(=O)OC(C)(C)C)sc21. The first-order valence-electron chi connectivity index (χ1n) is 8.47. The third kappa shape index (κ3) is 4.23. The molecule has 0 saturated heterocycles.